The summed E-state index contributed by atoms with van der Waals surface area (Å²) in [7, 11) is -3.74. The Kier molecular flexibility index (Phi) is 4.77. The van der Waals surface area contributed by atoms with E-state index < -0.39 is 18.9 Å². The molecule has 0 saturated carbocycles. The van der Waals surface area contributed by atoms with E-state index in [2.05, 4.69) is 0 Å². The predicted octanol–water partition coefficient (Wildman–Crippen LogP) is 5.00. The average Bonchev–Trinajstić information content (AvgIpc) is 2.61. The molecular formula is C19H13ClF3OP. The minimum Gasteiger partial charge on any atom is -0.309 e. The summed E-state index contributed by atoms with van der Waals surface area (Å²) < 4.78 is 54.8. The second-order valence-electron chi connectivity index (χ2n) is 5.44. The van der Waals surface area contributed by atoms with Gasteiger partial charge in [-0.2, -0.15) is 13.2 Å². The standard InChI is InChI=1S/C19H13ClF3OP/c20-14-11-12-17(19(21,22)23)18(13-14)25(24,15-7-3-1-4-8-15)16-9-5-2-6-10-16/h1-13H. The van der Waals surface area contributed by atoms with Crippen LogP contribution in [0, 0.1) is 0 Å². The molecular weight excluding hydrogens is 368 g/mol. The predicted molar refractivity (Wildman–Crippen MR) is 95.8 cm³/mol. The largest absolute Gasteiger partial charge is 0.417 e. The van der Waals surface area contributed by atoms with E-state index in [1.54, 1.807) is 60.7 Å². The lowest BCUT2D eigenvalue weighted by Gasteiger charge is -2.23. The lowest BCUT2D eigenvalue weighted by Crippen LogP contribution is -2.30. The van der Waals surface area contributed by atoms with Crippen molar-refractivity contribution in [1.29, 1.82) is 0 Å². The molecule has 6 heteroatoms. The molecule has 0 fully saturated rings. The molecule has 25 heavy (non-hydrogen) atoms. The van der Waals surface area contributed by atoms with Gasteiger partial charge < -0.3 is 4.57 Å². The summed E-state index contributed by atoms with van der Waals surface area (Å²) in [6.45, 7) is 0. The van der Waals surface area contributed by atoms with Crippen molar-refractivity contribution in [3.05, 3.63) is 89.4 Å². The van der Waals surface area contributed by atoms with E-state index in [0.29, 0.717) is 10.6 Å². The molecule has 3 aromatic carbocycles. The molecule has 1 nitrogen and oxygen atoms in total. The fourth-order valence-corrected chi connectivity index (χ4v) is 5.86. The zero-order valence-corrected chi connectivity index (χ0v) is 14.5. The van der Waals surface area contributed by atoms with E-state index in [1.807, 2.05) is 0 Å². The highest BCUT2D eigenvalue weighted by Gasteiger charge is 2.41. The van der Waals surface area contributed by atoms with Crippen LogP contribution in [0.2, 0.25) is 5.02 Å². The summed E-state index contributed by atoms with van der Waals surface area (Å²) in [5.74, 6) is 0. The summed E-state index contributed by atoms with van der Waals surface area (Å²) in [6.07, 6.45) is -4.64. The van der Waals surface area contributed by atoms with Crippen LogP contribution < -0.4 is 15.9 Å². The zero-order chi connectivity index (χ0) is 18.1. The van der Waals surface area contributed by atoms with Crippen LogP contribution in [0.15, 0.2) is 78.9 Å². The molecule has 3 rings (SSSR count). The average molecular weight is 381 g/mol. The summed E-state index contributed by atoms with van der Waals surface area (Å²) in [4.78, 5) is 0. The third kappa shape index (κ3) is 3.37. The van der Waals surface area contributed by atoms with Crippen LogP contribution in [-0.2, 0) is 10.7 Å². The monoisotopic (exact) mass is 380 g/mol. The topological polar surface area (TPSA) is 17.1 Å². The van der Waals surface area contributed by atoms with Crippen molar-refractivity contribution in [2.24, 2.45) is 0 Å². The van der Waals surface area contributed by atoms with E-state index in [4.69, 9.17) is 11.6 Å². The van der Waals surface area contributed by atoms with Crippen molar-refractivity contribution in [2.75, 3.05) is 0 Å². The maximum absolute atomic E-state index is 14.1. The molecule has 0 aliphatic carbocycles. The minimum absolute atomic E-state index is 0.107. The Balaban J connectivity index is 2.39. The molecule has 0 aliphatic heterocycles. The van der Waals surface area contributed by atoms with Gasteiger partial charge in [0.15, 0.2) is 7.14 Å². The molecule has 0 saturated heterocycles. The Morgan fingerprint density at radius 3 is 1.68 bits per heavy atom. The number of rotatable bonds is 3. The summed E-state index contributed by atoms with van der Waals surface area (Å²) >= 11 is 5.96. The third-order valence-electron chi connectivity index (χ3n) is 3.84. The highest BCUT2D eigenvalue weighted by atomic mass is 35.5. The van der Waals surface area contributed by atoms with E-state index in [0.717, 1.165) is 18.2 Å². The molecule has 0 heterocycles. The lowest BCUT2D eigenvalue weighted by molar-refractivity contribution is -0.136. The van der Waals surface area contributed by atoms with Gasteiger partial charge in [-0.05, 0) is 18.2 Å². The van der Waals surface area contributed by atoms with Gasteiger partial charge in [0, 0.05) is 20.9 Å². The van der Waals surface area contributed by atoms with Crippen molar-refractivity contribution in [2.45, 2.75) is 6.18 Å². The van der Waals surface area contributed by atoms with Crippen LogP contribution in [0.4, 0.5) is 13.2 Å². The second kappa shape index (κ2) is 6.70. The summed E-state index contributed by atoms with van der Waals surface area (Å²) in [5.41, 5.74) is -0.937. The molecule has 0 unspecified atom stereocenters. The highest BCUT2D eigenvalue weighted by Crippen LogP contribution is 2.46. The maximum atomic E-state index is 14.1. The van der Waals surface area contributed by atoms with Crippen LogP contribution in [0.25, 0.3) is 0 Å². The molecule has 0 N–H and O–H groups in total. The molecule has 0 radical (unpaired) electrons. The molecule has 0 aromatic heterocycles. The number of hydrogen-bond donors (Lipinski definition) is 0. The van der Waals surface area contributed by atoms with Gasteiger partial charge in [-0.15, -0.1) is 0 Å². The van der Waals surface area contributed by atoms with E-state index >= 15 is 0 Å². The van der Waals surface area contributed by atoms with Crippen LogP contribution in [0.5, 0.6) is 0 Å². The number of hydrogen-bond acceptors (Lipinski definition) is 1. The van der Waals surface area contributed by atoms with Crippen molar-refractivity contribution in [1.82, 2.24) is 0 Å². The van der Waals surface area contributed by atoms with Gasteiger partial charge >= 0.3 is 6.18 Å². The first-order valence-corrected chi connectivity index (χ1v) is 9.50. The van der Waals surface area contributed by atoms with Crippen LogP contribution >= 0.6 is 18.7 Å². The van der Waals surface area contributed by atoms with Gasteiger partial charge in [0.2, 0.25) is 0 Å². The SMILES string of the molecule is O=P(c1ccccc1)(c1ccccc1)c1cc(Cl)ccc1C(F)(F)F. The fraction of sp³-hybridized carbons (Fsp3) is 0.0526. The Hall–Kier alpha value is -2.03. The van der Waals surface area contributed by atoms with Crippen molar-refractivity contribution in [3.8, 4) is 0 Å². The van der Waals surface area contributed by atoms with Crippen molar-refractivity contribution >= 4 is 34.7 Å². The van der Waals surface area contributed by atoms with E-state index in [-0.39, 0.29) is 10.3 Å². The molecule has 3 aromatic rings. The summed E-state index contributed by atoms with van der Waals surface area (Å²) in [6, 6.07) is 19.6. The fourth-order valence-electron chi connectivity index (χ4n) is 2.71. The van der Waals surface area contributed by atoms with Gasteiger partial charge in [0.25, 0.3) is 0 Å². The number of alkyl halides is 3. The highest BCUT2D eigenvalue weighted by molar-refractivity contribution is 7.85. The maximum Gasteiger partial charge on any atom is 0.417 e. The first-order chi connectivity index (χ1) is 11.8. The van der Waals surface area contributed by atoms with E-state index in [1.165, 1.54) is 0 Å². The minimum atomic E-state index is -4.64. The Bertz CT molecular complexity index is 881. The quantitative estimate of drug-likeness (QED) is 0.584. The normalized spacial score (nSPS) is 12.2. The second-order valence-corrected chi connectivity index (χ2v) is 8.61. The van der Waals surface area contributed by atoms with Crippen LogP contribution in [0.3, 0.4) is 0 Å². The van der Waals surface area contributed by atoms with Gasteiger partial charge in [0.05, 0.1) is 5.56 Å². The van der Waals surface area contributed by atoms with Crippen molar-refractivity contribution < 1.29 is 17.7 Å². The molecule has 0 aliphatic rings. The first kappa shape index (κ1) is 17.8. The van der Waals surface area contributed by atoms with E-state index in [9.17, 15) is 17.7 Å². The molecule has 0 bridgehead atoms. The zero-order valence-electron chi connectivity index (χ0n) is 12.9. The van der Waals surface area contributed by atoms with Gasteiger partial charge in [-0.25, -0.2) is 0 Å². The van der Waals surface area contributed by atoms with Crippen molar-refractivity contribution in [3.63, 3.8) is 0 Å². The molecule has 0 amide bonds. The molecule has 0 atom stereocenters. The first-order valence-electron chi connectivity index (χ1n) is 7.42. The Morgan fingerprint density at radius 2 is 1.24 bits per heavy atom. The van der Waals surface area contributed by atoms with Gasteiger partial charge in [-0.1, -0.05) is 72.3 Å². The molecule has 0 spiro atoms. The smallest absolute Gasteiger partial charge is 0.309 e. The Morgan fingerprint density at radius 1 is 0.760 bits per heavy atom. The Labute approximate surface area is 148 Å². The van der Waals surface area contributed by atoms with Gasteiger partial charge in [-0.3, -0.25) is 0 Å². The third-order valence-corrected chi connectivity index (χ3v) is 7.18. The molecule has 128 valence electrons. The van der Waals surface area contributed by atoms with Gasteiger partial charge in [0.1, 0.15) is 0 Å². The van der Waals surface area contributed by atoms with Crippen LogP contribution in [0.1, 0.15) is 5.56 Å². The number of benzene rings is 3. The lowest BCUT2D eigenvalue weighted by atomic mass is 10.2. The number of halogens is 4. The summed E-state index contributed by atoms with van der Waals surface area (Å²) in [5, 5.41) is 0.461. The van der Waals surface area contributed by atoms with Crippen LogP contribution in [-0.4, -0.2) is 0 Å².